The molecule has 1 aromatic rings. The Bertz CT molecular complexity index is 572. The molecule has 0 saturated heterocycles. The van der Waals surface area contributed by atoms with Crippen LogP contribution in [0, 0.1) is 5.92 Å². The van der Waals surface area contributed by atoms with E-state index in [9.17, 15) is 4.79 Å². The third-order valence-electron chi connectivity index (χ3n) is 5.10. The quantitative estimate of drug-likeness (QED) is 0.423. The van der Waals surface area contributed by atoms with E-state index < -0.39 is 8.32 Å². The summed E-state index contributed by atoms with van der Waals surface area (Å²) in [4.78, 5) is 12.4. The summed E-state index contributed by atoms with van der Waals surface area (Å²) >= 11 is 0. The maximum absolute atomic E-state index is 12.4. The van der Waals surface area contributed by atoms with Gasteiger partial charge < -0.3 is 9.16 Å². The molecule has 1 aliphatic rings. The van der Waals surface area contributed by atoms with E-state index in [0.717, 1.165) is 18.4 Å². The van der Waals surface area contributed by atoms with Crippen molar-refractivity contribution in [2.24, 2.45) is 5.92 Å². The third-order valence-corrected chi connectivity index (χ3v) is 9.60. The molecular weight excluding hydrogens is 316 g/mol. The minimum Gasteiger partial charge on any atom is -0.461 e. The molecule has 0 fully saturated rings. The fourth-order valence-electron chi connectivity index (χ4n) is 2.53. The maximum Gasteiger partial charge on any atom is 0.309 e. The number of hydrogen-bond acceptors (Lipinski definition) is 3. The van der Waals surface area contributed by atoms with Crippen molar-refractivity contribution in [3.63, 3.8) is 0 Å². The molecule has 24 heavy (non-hydrogen) atoms. The lowest BCUT2D eigenvalue weighted by molar-refractivity contribution is -0.150. The van der Waals surface area contributed by atoms with Crippen molar-refractivity contribution in [1.82, 2.24) is 0 Å². The Labute approximate surface area is 147 Å². The van der Waals surface area contributed by atoms with Gasteiger partial charge >= 0.3 is 5.97 Å². The topological polar surface area (TPSA) is 35.5 Å². The molecule has 2 rings (SSSR count). The molecule has 0 unspecified atom stereocenters. The molecular formula is C20H30O3Si. The fourth-order valence-corrected chi connectivity index (χ4v) is 3.82. The van der Waals surface area contributed by atoms with E-state index in [1.807, 2.05) is 30.3 Å². The summed E-state index contributed by atoms with van der Waals surface area (Å²) in [5.41, 5.74) is 1.02. The lowest BCUT2D eigenvalue weighted by Gasteiger charge is -2.39. The van der Waals surface area contributed by atoms with E-state index in [4.69, 9.17) is 9.16 Å². The van der Waals surface area contributed by atoms with Crippen LogP contribution in [0.2, 0.25) is 18.1 Å². The highest BCUT2D eigenvalue weighted by Gasteiger charge is 2.40. The van der Waals surface area contributed by atoms with E-state index >= 15 is 0 Å². The van der Waals surface area contributed by atoms with E-state index in [1.54, 1.807) is 0 Å². The summed E-state index contributed by atoms with van der Waals surface area (Å²) < 4.78 is 11.9. The first-order valence-corrected chi connectivity index (χ1v) is 11.6. The average molecular weight is 347 g/mol. The van der Waals surface area contributed by atoms with Crippen LogP contribution < -0.4 is 0 Å². The molecule has 0 saturated carbocycles. The number of ether oxygens (including phenoxy) is 1. The van der Waals surface area contributed by atoms with Crippen LogP contribution in [0.5, 0.6) is 0 Å². The number of hydrogen-bond donors (Lipinski definition) is 0. The fraction of sp³-hybridized carbons (Fsp3) is 0.550. The van der Waals surface area contributed by atoms with Gasteiger partial charge in [-0.2, -0.15) is 0 Å². The van der Waals surface area contributed by atoms with Gasteiger partial charge in [0.15, 0.2) is 8.32 Å². The SMILES string of the molecule is CC(C)(C)[Si](C)(C)O[C@H]1C=CC[C@@H](C(=O)OCc2ccccc2)C1. The van der Waals surface area contributed by atoms with Crippen LogP contribution in [0.1, 0.15) is 39.2 Å². The summed E-state index contributed by atoms with van der Waals surface area (Å²) in [5, 5.41) is 0.168. The minimum absolute atomic E-state index is 0.0221. The summed E-state index contributed by atoms with van der Waals surface area (Å²) in [6.07, 6.45) is 5.66. The van der Waals surface area contributed by atoms with Gasteiger partial charge in [-0.1, -0.05) is 63.3 Å². The molecule has 0 amide bonds. The molecule has 1 aromatic carbocycles. The molecule has 0 N–H and O–H groups in total. The maximum atomic E-state index is 12.4. The van der Waals surface area contributed by atoms with Gasteiger partial charge in [-0.3, -0.25) is 4.79 Å². The first kappa shape index (κ1) is 18.9. The largest absolute Gasteiger partial charge is 0.461 e. The van der Waals surface area contributed by atoms with E-state index in [-0.39, 0.29) is 23.0 Å². The highest BCUT2D eigenvalue weighted by atomic mass is 28.4. The van der Waals surface area contributed by atoms with Gasteiger partial charge in [0.1, 0.15) is 6.61 Å². The molecule has 3 nitrogen and oxygen atoms in total. The number of carbonyl (C=O) groups excluding carboxylic acids is 1. The van der Waals surface area contributed by atoms with Crippen molar-refractivity contribution in [3.8, 4) is 0 Å². The van der Waals surface area contributed by atoms with Crippen molar-refractivity contribution in [3.05, 3.63) is 48.0 Å². The molecule has 2 atom stereocenters. The van der Waals surface area contributed by atoms with Crippen molar-refractivity contribution in [2.75, 3.05) is 0 Å². The van der Waals surface area contributed by atoms with Crippen LogP contribution in [-0.4, -0.2) is 20.4 Å². The summed E-state index contributed by atoms with van der Waals surface area (Å²) in [6, 6.07) is 9.81. The smallest absolute Gasteiger partial charge is 0.309 e. The molecule has 0 aromatic heterocycles. The molecule has 1 aliphatic carbocycles. The van der Waals surface area contributed by atoms with Crippen molar-refractivity contribution in [2.45, 2.75) is 64.5 Å². The Hall–Kier alpha value is -1.39. The van der Waals surface area contributed by atoms with Crippen LogP contribution in [0.4, 0.5) is 0 Å². The molecule has 0 bridgehead atoms. The highest BCUT2D eigenvalue weighted by Crippen LogP contribution is 2.38. The number of rotatable bonds is 5. The predicted molar refractivity (Wildman–Crippen MR) is 100 cm³/mol. The van der Waals surface area contributed by atoms with Crippen LogP contribution in [-0.2, 0) is 20.6 Å². The van der Waals surface area contributed by atoms with E-state index in [1.165, 1.54) is 0 Å². The monoisotopic (exact) mass is 346 g/mol. The van der Waals surface area contributed by atoms with Crippen molar-refractivity contribution >= 4 is 14.3 Å². The standard InChI is InChI=1S/C20H30O3Si/c1-20(2,3)24(4,5)23-18-13-9-12-17(14-18)19(21)22-15-16-10-7-6-8-11-16/h6-11,13,17-18H,12,14-15H2,1-5H3/t17-,18+/m1/s1. The second kappa shape index (κ2) is 7.66. The van der Waals surface area contributed by atoms with Gasteiger partial charge in [-0.15, -0.1) is 0 Å². The first-order chi connectivity index (χ1) is 11.2. The van der Waals surface area contributed by atoms with Gasteiger partial charge in [0, 0.05) is 0 Å². The summed E-state index contributed by atoms with van der Waals surface area (Å²) in [5.74, 6) is -0.222. The molecule has 4 heteroatoms. The number of esters is 1. The van der Waals surface area contributed by atoms with Crippen LogP contribution in [0.25, 0.3) is 0 Å². The Morgan fingerprint density at radius 2 is 1.88 bits per heavy atom. The van der Waals surface area contributed by atoms with Gasteiger partial charge in [0.2, 0.25) is 0 Å². The van der Waals surface area contributed by atoms with E-state index in [2.05, 4.69) is 46.0 Å². The Balaban J connectivity index is 1.89. The molecule has 0 aliphatic heterocycles. The van der Waals surface area contributed by atoms with Crippen LogP contribution in [0.3, 0.4) is 0 Å². The van der Waals surface area contributed by atoms with Crippen LogP contribution in [0.15, 0.2) is 42.5 Å². The van der Waals surface area contributed by atoms with Gasteiger partial charge in [0.05, 0.1) is 12.0 Å². The highest BCUT2D eigenvalue weighted by molar-refractivity contribution is 6.74. The lowest BCUT2D eigenvalue weighted by Crippen LogP contribution is -2.44. The Morgan fingerprint density at radius 1 is 1.21 bits per heavy atom. The van der Waals surface area contributed by atoms with Crippen molar-refractivity contribution in [1.29, 1.82) is 0 Å². The van der Waals surface area contributed by atoms with Crippen LogP contribution >= 0.6 is 0 Å². The molecule has 0 radical (unpaired) electrons. The Morgan fingerprint density at radius 3 is 2.50 bits per heavy atom. The van der Waals surface area contributed by atoms with Gasteiger partial charge in [-0.25, -0.2) is 0 Å². The van der Waals surface area contributed by atoms with Gasteiger partial charge in [-0.05, 0) is 36.5 Å². The second-order valence-electron chi connectivity index (χ2n) is 8.11. The summed E-state index contributed by atoms with van der Waals surface area (Å²) in [7, 11) is -1.83. The number of allylic oxidation sites excluding steroid dienone is 1. The lowest BCUT2D eigenvalue weighted by atomic mass is 9.93. The molecule has 0 spiro atoms. The molecule has 0 heterocycles. The molecule has 132 valence electrons. The van der Waals surface area contributed by atoms with Crippen molar-refractivity contribution < 1.29 is 14.0 Å². The zero-order valence-corrected chi connectivity index (χ0v) is 16.5. The summed E-state index contributed by atoms with van der Waals surface area (Å²) in [6.45, 7) is 11.5. The first-order valence-electron chi connectivity index (χ1n) is 8.74. The average Bonchev–Trinajstić information content (AvgIpc) is 2.52. The third kappa shape index (κ3) is 5.05. The zero-order chi connectivity index (χ0) is 17.8. The predicted octanol–water partition coefficient (Wildman–Crippen LogP) is 5.09. The zero-order valence-electron chi connectivity index (χ0n) is 15.5. The number of benzene rings is 1. The minimum atomic E-state index is -1.83. The normalized spacial score (nSPS) is 21.5. The Kier molecular flexibility index (Phi) is 6.05. The van der Waals surface area contributed by atoms with Gasteiger partial charge in [0.25, 0.3) is 0 Å². The van der Waals surface area contributed by atoms with E-state index in [0.29, 0.717) is 6.61 Å². The number of carbonyl (C=O) groups is 1. The second-order valence-corrected chi connectivity index (χ2v) is 12.9.